The van der Waals surface area contributed by atoms with Crippen LogP contribution in [0, 0.1) is 0 Å². The fourth-order valence-corrected chi connectivity index (χ4v) is 2.46. The number of ether oxygens (including phenoxy) is 1. The highest BCUT2D eigenvalue weighted by molar-refractivity contribution is 5.76. The van der Waals surface area contributed by atoms with Crippen LogP contribution in [0.25, 0.3) is 0 Å². The average molecular weight is 300 g/mol. The van der Waals surface area contributed by atoms with Gasteiger partial charge in [-0.05, 0) is 59.7 Å². The van der Waals surface area contributed by atoms with E-state index in [1.165, 1.54) is 19.4 Å². The van der Waals surface area contributed by atoms with Gasteiger partial charge in [0.1, 0.15) is 6.04 Å². The Morgan fingerprint density at radius 1 is 1.29 bits per heavy atom. The Bertz CT molecular complexity index is 270. The lowest BCUT2D eigenvalue weighted by Gasteiger charge is -2.19. The number of nitrogens with zero attached hydrogens (tertiary/aromatic N) is 1. The summed E-state index contributed by atoms with van der Waals surface area (Å²) in [4.78, 5) is 14.2. The predicted octanol–water partition coefficient (Wildman–Crippen LogP) is 3.21. The van der Waals surface area contributed by atoms with Gasteiger partial charge < -0.3 is 15.0 Å². The number of esters is 1. The Morgan fingerprint density at radius 3 is 2.52 bits per heavy atom. The molecule has 1 fully saturated rings. The zero-order valence-electron chi connectivity index (χ0n) is 14.9. The molecule has 2 unspecified atom stereocenters. The fourth-order valence-electron chi connectivity index (χ4n) is 2.46. The van der Waals surface area contributed by atoms with Gasteiger partial charge in [-0.2, -0.15) is 0 Å². The predicted molar refractivity (Wildman–Crippen MR) is 89.5 cm³/mol. The molecular weight excluding hydrogens is 264 g/mol. The summed E-state index contributed by atoms with van der Waals surface area (Å²) in [6.07, 6.45) is 5.60. The van der Waals surface area contributed by atoms with Crippen molar-refractivity contribution in [1.82, 2.24) is 10.2 Å². The van der Waals surface area contributed by atoms with Gasteiger partial charge in [-0.1, -0.05) is 27.2 Å². The summed E-state index contributed by atoms with van der Waals surface area (Å²) in [6, 6.07) is 0.377. The fraction of sp³-hybridized carbons (Fsp3) is 0.941. The summed E-state index contributed by atoms with van der Waals surface area (Å²) >= 11 is 0. The molecule has 0 amide bonds. The van der Waals surface area contributed by atoms with Crippen LogP contribution in [0.1, 0.15) is 66.7 Å². The summed E-state index contributed by atoms with van der Waals surface area (Å²) in [5.41, 5.74) is 0. The van der Waals surface area contributed by atoms with E-state index >= 15 is 0 Å². The minimum atomic E-state index is -0.0895. The maximum absolute atomic E-state index is 11.8. The normalized spacial score (nSPS) is 21.3. The molecule has 0 saturated carbocycles. The van der Waals surface area contributed by atoms with Crippen molar-refractivity contribution in [3.05, 3.63) is 0 Å². The Balaban J connectivity index is 0.00000191. The largest absolute Gasteiger partial charge is 0.462 e. The highest BCUT2D eigenvalue weighted by atomic mass is 16.5. The molecule has 1 N–H and O–H groups in total. The molecule has 1 aliphatic rings. The molecule has 0 aromatic heterocycles. The topological polar surface area (TPSA) is 41.6 Å². The maximum Gasteiger partial charge on any atom is 0.323 e. The van der Waals surface area contributed by atoms with Crippen molar-refractivity contribution in [3.63, 3.8) is 0 Å². The van der Waals surface area contributed by atoms with Gasteiger partial charge >= 0.3 is 5.97 Å². The smallest absolute Gasteiger partial charge is 0.323 e. The summed E-state index contributed by atoms with van der Waals surface area (Å²) in [5.74, 6) is -0.0863. The van der Waals surface area contributed by atoms with Crippen molar-refractivity contribution in [1.29, 1.82) is 0 Å². The van der Waals surface area contributed by atoms with Crippen LogP contribution in [0.4, 0.5) is 0 Å². The van der Waals surface area contributed by atoms with E-state index in [-0.39, 0.29) is 18.1 Å². The molecule has 4 heteroatoms. The molecule has 0 aliphatic carbocycles. The summed E-state index contributed by atoms with van der Waals surface area (Å²) < 4.78 is 5.25. The van der Waals surface area contributed by atoms with Gasteiger partial charge in [0.25, 0.3) is 0 Å². The number of rotatable bonds is 8. The summed E-state index contributed by atoms with van der Waals surface area (Å²) in [6.45, 7) is 12.3. The highest BCUT2D eigenvalue weighted by Gasteiger charge is 2.30. The van der Waals surface area contributed by atoms with Crippen molar-refractivity contribution in [2.24, 2.45) is 0 Å². The molecule has 0 aromatic carbocycles. The molecule has 4 nitrogen and oxygen atoms in total. The van der Waals surface area contributed by atoms with Crippen LogP contribution < -0.4 is 5.32 Å². The number of carbonyl (C=O) groups is 1. The number of hydrogen-bond acceptors (Lipinski definition) is 4. The lowest BCUT2D eigenvalue weighted by Crippen LogP contribution is -2.38. The molecule has 1 aliphatic heterocycles. The first kappa shape index (κ1) is 20.4. The number of hydrogen-bond donors (Lipinski definition) is 1. The summed E-state index contributed by atoms with van der Waals surface area (Å²) in [7, 11) is 2.18. The highest BCUT2D eigenvalue weighted by Crippen LogP contribution is 2.17. The van der Waals surface area contributed by atoms with Crippen LogP contribution in [-0.4, -0.2) is 49.2 Å². The quantitative estimate of drug-likeness (QED) is 0.699. The van der Waals surface area contributed by atoms with E-state index in [4.69, 9.17) is 4.74 Å². The third-order valence-electron chi connectivity index (χ3n) is 3.63. The van der Waals surface area contributed by atoms with E-state index < -0.39 is 0 Å². The second kappa shape index (κ2) is 12.0. The molecule has 126 valence electrons. The second-order valence-corrected chi connectivity index (χ2v) is 5.92. The van der Waals surface area contributed by atoms with Crippen LogP contribution in [0.5, 0.6) is 0 Å². The van der Waals surface area contributed by atoms with Gasteiger partial charge in [-0.3, -0.25) is 4.79 Å². The summed E-state index contributed by atoms with van der Waals surface area (Å²) in [5, 5.41) is 3.41. The third kappa shape index (κ3) is 9.10. The standard InChI is InChI=1S/C15H30N2O2.C2H6/c1-5-6-10-17(4)11-9-13-7-8-14(16-13)15(18)19-12(2)3;1-2/h12-14,16H,5-11H2,1-4H3;1-2H3. The minimum Gasteiger partial charge on any atom is -0.462 e. The van der Waals surface area contributed by atoms with Crippen LogP contribution in [0.15, 0.2) is 0 Å². The zero-order chi connectivity index (χ0) is 16.3. The van der Waals surface area contributed by atoms with Crippen LogP contribution >= 0.6 is 0 Å². The molecular formula is C17H36N2O2. The maximum atomic E-state index is 11.8. The zero-order valence-corrected chi connectivity index (χ0v) is 14.9. The first-order valence-corrected chi connectivity index (χ1v) is 8.68. The van der Waals surface area contributed by atoms with E-state index in [0.29, 0.717) is 6.04 Å². The van der Waals surface area contributed by atoms with Crippen LogP contribution in [-0.2, 0) is 9.53 Å². The first-order chi connectivity index (χ1) is 10.0. The second-order valence-electron chi connectivity index (χ2n) is 5.92. The molecule has 0 radical (unpaired) electrons. The first-order valence-electron chi connectivity index (χ1n) is 8.68. The van der Waals surface area contributed by atoms with Crippen molar-refractivity contribution in [3.8, 4) is 0 Å². The van der Waals surface area contributed by atoms with Crippen molar-refractivity contribution >= 4 is 5.97 Å². The van der Waals surface area contributed by atoms with Crippen molar-refractivity contribution in [2.75, 3.05) is 20.1 Å². The Morgan fingerprint density at radius 2 is 1.95 bits per heavy atom. The van der Waals surface area contributed by atoms with Crippen molar-refractivity contribution in [2.45, 2.75) is 84.9 Å². The van der Waals surface area contributed by atoms with E-state index in [2.05, 4.69) is 24.2 Å². The molecule has 1 heterocycles. The lowest BCUT2D eigenvalue weighted by molar-refractivity contribution is -0.149. The number of nitrogens with one attached hydrogen (secondary N) is 1. The SMILES string of the molecule is CC.CCCCN(C)CCC1CCC(C(=O)OC(C)C)N1. The van der Waals surface area contributed by atoms with Gasteiger partial charge in [-0.25, -0.2) is 0 Å². The molecule has 0 spiro atoms. The number of unbranched alkanes of at least 4 members (excludes halogenated alkanes) is 1. The van der Waals surface area contributed by atoms with E-state index in [9.17, 15) is 4.79 Å². The Kier molecular flexibility index (Phi) is 11.6. The molecule has 2 atom stereocenters. The molecule has 21 heavy (non-hydrogen) atoms. The van der Waals surface area contributed by atoms with Gasteiger partial charge in [0.05, 0.1) is 6.10 Å². The van der Waals surface area contributed by atoms with Gasteiger partial charge in [0.15, 0.2) is 0 Å². The Hall–Kier alpha value is -0.610. The van der Waals surface area contributed by atoms with Crippen LogP contribution in [0.3, 0.4) is 0 Å². The molecule has 1 rings (SSSR count). The average Bonchev–Trinajstić information content (AvgIpc) is 2.93. The monoisotopic (exact) mass is 300 g/mol. The van der Waals surface area contributed by atoms with Gasteiger partial charge in [-0.15, -0.1) is 0 Å². The molecule has 1 saturated heterocycles. The van der Waals surface area contributed by atoms with Crippen LogP contribution in [0.2, 0.25) is 0 Å². The third-order valence-corrected chi connectivity index (χ3v) is 3.63. The lowest BCUT2D eigenvalue weighted by atomic mass is 10.1. The van der Waals surface area contributed by atoms with Crippen molar-refractivity contribution < 1.29 is 9.53 Å². The van der Waals surface area contributed by atoms with E-state index in [1.54, 1.807) is 0 Å². The minimum absolute atomic E-state index is 0.0199. The van der Waals surface area contributed by atoms with Gasteiger partial charge in [0.2, 0.25) is 0 Å². The van der Waals surface area contributed by atoms with E-state index in [0.717, 1.165) is 25.8 Å². The molecule has 0 bridgehead atoms. The van der Waals surface area contributed by atoms with Gasteiger partial charge in [0, 0.05) is 6.04 Å². The Labute approximate surface area is 131 Å². The van der Waals surface area contributed by atoms with E-state index in [1.807, 2.05) is 27.7 Å². The number of carbonyl (C=O) groups excluding carboxylic acids is 1. The molecule has 0 aromatic rings.